The van der Waals surface area contributed by atoms with Gasteiger partial charge in [-0.05, 0) is 24.1 Å². The van der Waals surface area contributed by atoms with Crippen molar-refractivity contribution in [2.45, 2.75) is 19.8 Å². The number of nitro benzene ring substituents is 1. The summed E-state index contributed by atoms with van der Waals surface area (Å²) in [7, 11) is 0. The van der Waals surface area contributed by atoms with E-state index in [1.807, 2.05) is 12.3 Å². The van der Waals surface area contributed by atoms with Crippen LogP contribution in [0.15, 0.2) is 48.8 Å². The van der Waals surface area contributed by atoms with Crippen molar-refractivity contribution in [1.29, 1.82) is 0 Å². The molecule has 1 aromatic carbocycles. The van der Waals surface area contributed by atoms with Crippen LogP contribution in [0.2, 0.25) is 0 Å². The largest absolute Gasteiger partial charge is 0.464 e. The van der Waals surface area contributed by atoms with Crippen molar-refractivity contribution in [2.75, 3.05) is 5.43 Å². The van der Waals surface area contributed by atoms with Gasteiger partial charge in [0, 0.05) is 35.7 Å². The van der Waals surface area contributed by atoms with E-state index in [9.17, 15) is 29.6 Å². The maximum absolute atomic E-state index is 13.0. The smallest absolute Gasteiger partial charge is 0.425 e. The number of rotatable bonds is 7. The zero-order chi connectivity index (χ0) is 24.0. The lowest BCUT2D eigenvalue weighted by atomic mass is 10.00. The number of hydrogen-bond donors (Lipinski definition) is 4. The van der Waals surface area contributed by atoms with Gasteiger partial charge in [0.15, 0.2) is 5.69 Å². The third-order valence-corrected chi connectivity index (χ3v) is 4.44. The molecule has 3 amide bonds. The fraction of sp³-hybridized carbons (Fsp3) is 0.150. The van der Waals surface area contributed by atoms with Crippen molar-refractivity contribution >= 4 is 23.6 Å². The van der Waals surface area contributed by atoms with Crippen molar-refractivity contribution in [3.63, 3.8) is 0 Å². The van der Waals surface area contributed by atoms with Crippen LogP contribution in [0.1, 0.15) is 39.9 Å². The minimum atomic E-state index is -1.49. The van der Waals surface area contributed by atoms with Gasteiger partial charge in [0.2, 0.25) is 0 Å². The SMILES string of the molecule is CCCc1nn(NC(=O)O)c(C(=O)NNC(=O)c2ccncc2)c1-c1cccc([N+](=O)[O-])c1. The van der Waals surface area contributed by atoms with Gasteiger partial charge >= 0.3 is 6.09 Å². The summed E-state index contributed by atoms with van der Waals surface area (Å²) in [6.45, 7) is 1.86. The number of hydrogen-bond acceptors (Lipinski definition) is 7. The van der Waals surface area contributed by atoms with E-state index in [1.165, 1.54) is 42.7 Å². The van der Waals surface area contributed by atoms with Gasteiger partial charge < -0.3 is 5.11 Å². The second-order valence-electron chi connectivity index (χ2n) is 6.70. The molecule has 33 heavy (non-hydrogen) atoms. The van der Waals surface area contributed by atoms with Crippen LogP contribution in [-0.4, -0.2) is 42.8 Å². The summed E-state index contributed by atoms with van der Waals surface area (Å²) in [5.74, 6) is -1.52. The van der Waals surface area contributed by atoms with Gasteiger partial charge in [-0.3, -0.25) is 35.5 Å². The number of amides is 3. The molecule has 0 atom stereocenters. The van der Waals surface area contributed by atoms with Crippen molar-refractivity contribution in [3.8, 4) is 11.1 Å². The Balaban J connectivity index is 2.04. The Labute approximate surface area is 186 Å². The van der Waals surface area contributed by atoms with Gasteiger partial charge in [-0.1, -0.05) is 25.5 Å². The van der Waals surface area contributed by atoms with Crippen LogP contribution in [0.3, 0.4) is 0 Å². The summed E-state index contributed by atoms with van der Waals surface area (Å²) in [5, 5.41) is 24.6. The topological polar surface area (TPSA) is 181 Å². The summed E-state index contributed by atoms with van der Waals surface area (Å²) < 4.78 is 0. The molecular weight excluding hydrogens is 434 g/mol. The molecule has 0 fully saturated rings. The minimum absolute atomic E-state index is 0.199. The number of carboxylic acid groups (broad SMARTS) is 1. The summed E-state index contributed by atoms with van der Waals surface area (Å²) in [5.41, 5.74) is 7.06. The summed E-state index contributed by atoms with van der Waals surface area (Å²) in [4.78, 5) is 51.8. The van der Waals surface area contributed by atoms with Gasteiger partial charge in [0.1, 0.15) is 0 Å². The standard InChI is InChI=1S/C20H19N7O6/c1-2-4-15-16(13-5-3-6-14(11-13)27(32)33)17(26(24-15)25-20(30)31)19(29)23-22-18(28)12-7-9-21-10-8-12/h3,5-11,25H,2,4H2,1H3,(H,22,28)(H,23,29)(H,30,31). The molecule has 0 radical (unpaired) electrons. The molecule has 0 aliphatic heterocycles. The minimum Gasteiger partial charge on any atom is -0.464 e. The van der Waals surface area contributed by atoms with Crippen molar-refractivity contribution < 1.29 is 24.4 Å². The molecule has 13 heteroatoms. The first-order valence-electron chi connectivity index (χ1n) is 9.69. The normalized spacial score (nSPS) is 10.3. The molecule has 2 aromatic heterocycles. The fourth-order valence-electron chi connectivity index (χ4n) is 3.08. The summed E-state index contributed by atoms with van der Waals surface area (Å²) >= 11 is 0. The fourth-order valence-corrected chi connectivity index (χ4v) is 3.08. The van der Waals surface area contributed by atoms with E-state index in [4.69, 9.17) is 0 Å². The maximum Gasteiger partial charge on any atom is 0.425 e. The maximum atomic E-state index is 13.0. The molecule has 170 valence electrons. The Hall–Kier alpha value is -4.81. The highest BCUT2D eigenvalue weighted by Crippen LogP contribution is 2.31. The first-order chi connectivity index (χ1) is 15.8. The number of hydrazine groups is 1. The molecule has 0 unspecified atom stereocenters. The van der Waals surface area contributed by atoms with E-state index in [-0.39, 0.29) is 28.1 Å². The first kappa shape index (κ1) is 22.9. The van der Waals surface area contributed by atoms with E-state index in [0.717, 1.165) is 4.79 Å². The average Bonchev–Trinajstić information content (AvgIpc) is 3.15. The number of non-ortho nitro benzene ring substituents is 1. The van der Waals surface area contributed by atoms with Gasteiger partial charge in [-0.15, -0.1) is 0 Å². The predicted molar refractivity (Wildman–Crippen MR) is 115 cm³/mol. The van der Waals surface area contributed by atoms with Crippen LogP contribution in [0.4, 0.5) is 10.5 Å². The van der Waals surface area contributed by atoms with Gasteiger partial charge in [0.25, 0.3) is 17.5 Å². The Kier molecular flexibility index (Phi) is 6.93. The van der Waals surface area contributed by atoms with Crippen LogP contribution >= 0.6 is 0 Å². The highest BCUT2D eigenvalue weighted by Gasteiger charge is 2.27. The van der Waals surface area contributed by atoms with Crippen LogP contribution < -0.4 is 16.3 Å². The summed E-state index contributed by atoms with van der Waals surface area (Å²) in [6.07, 6.45) is 2.28. The van der Waals surface area contributed by atoms with Gasteiger partial charge in [-0.2, -0.15) is 9.89 Å². The predicted octanol–water partition coefficient (Wildman–Crippen LogP) is 2.10. The first-order valence-corrected chi connectivity index (χ1v) is 9.69. The number of carbonyl (C=O) groups excluding carboxylic acids is 2. The highest BCUT2D eigenvalue weighted by atomic mass is 16.6. The quantitative estimate of drug-likeness (QED) is 0.310. The molecule has 0 spiro atoms. The zero-order valence-electron chi connectivity index (χ0n) is 17.3. The number of carbonyl (C=O) groups is 3. The van der Waals surface area contributed by atoms with Crippen molar-refractivity contribution in [1.82, 2.24) is 25.7 Å². The van der Waals surface area contributed by atoms with E-state index in [1.54, 1.807) is 6.07 Å². The van der Waals surface area contributed by atoms with Gasteiger partial charge in [0.05, 0.1) is 10.6 Å². The monoisotopic (exact) mass is 453 g/mol. The van der Waals surface area contributed by atoms with Crippen LogP contribution in [0.5, 0.6) is 0 Å². The lowest BCUT2D eigenvalue weighted by Crippen LogP contribution is -2.43. The molecule has 0 aliphatic carbocycles. The molecule has 4 N–H and O–H groups in total. The molecule has 3 rings (SSSR count). The average molecular weight is 453 g/mol. The highest BCUT2D eigenvalue weighted by molar-refractivity contribution is 6.02. The van der Waals surface area contributed by atoms with Crippen molar-refractivity contribution in [3.05, 3.63) is 75.9 Å². The number of benzene rings is 1. The summed E-state index contributed by atoms with van der Waals surface area (Å²) in [6, 6.07) is 8.40. The van der Waals surface area contributed by atoms with E-state index < -0.39 is 22.8 Å². The molecule has 0 saturated heterocycles. The molecule has 13 nitrogen and oxygen atoms in total. The second kappa shape index (κ2) is 10.00. The molecule has 3 aromatic rings. The Morgan fingerprint density at radius 3 is 2.45 bits per heavy atom. The van der Waals surface area contributed by atoms with Gasteiger partial charge in [-0.25, -0.2) is 10.2 Å². The van der Waals surface area contributed by atoms with E-state index in [2.05, 4.69) is 20.9 Å². The molecule has 2 heterocycles. The second-order valence-corrected chi connectivity index (χ2v) is 6.70. The lowest BCUT2D eigenvalue weighted by Gasteiger charge is -2.11. The number of nitrogens with one attached hydrogen (secondary N) is 3. The Bertz CT molecular complexity index is 1210. The Morgan fingerprint density at radius 2 is 1.82 bits per heavy atom. The van der Waals surface area contributed by atoms with Crippen LogP contribution in [0, 0.1) is 10.1 Å². The van der Waals surface area contributed by atoms with Crippen LogP contribution in [0.25, 0.3) is 11.1 Å². The number of nitrogens with zero attached hydrogens (tertiary/aromatic N) is 4. The third kappa shape index (κ3) is 5.28. The van der Waals surface area contributed by atoms with E-state index in [0.29, 0.717) is 18.5 Å². The number of aromatic nitrogens is 3. The van der Waals surface area contributed by atoms with E-state index >= 15 is 0 Å². The molecule has 0 saturated carbocycles. The third-order valence-electron chi connectivity index (χ3n) is 4.44. The number of pyridine rings is 1. The van der Waals surface area contributed by atoms with Crippen molar-refractivity contribution in [2.24, 2.45) is 0 Å². The molecular formula is C20H19N7O6. The van der Waals surface area contributed by atoms with Crippen LogP contribution in [-0.2, 0) is 6.42 Å². The Morgan fingerprint density at radius 1 is 1.12 bits per heavy atom. The molecule has 0 bridgehead atoms. The number of aryl methyl sites for hydroxylation is 1. The molecule has 0 aliphatic rings. The zero-order valence-corrected chi connectivity index (χ0v) is 17.3. The number of nitro groups is 1. The lowest BCUT2D eigenvalue weighted by molar-refractivity contribution is -0.384.